The number of hydrogen-bond acceptors (Lipinski definition) is 4. The van der Waals surface area contributed by atoms with Crippen LogP contribution >= 0.6 is 0 Å². The first kappa shape index (κ1) is 10.9. The summed E-state index contributed by atoms with van der Waals surface area (Å²) < 4.78 is 0. The molecule has 0 aliphatic heterocycles. The Kier molecular flexibility index (Phi) is 2.17. The summed E-state index contributed by atoms with van der Waals surface area (Å²) in [6.45, 7) is 0. The van der Waals surface area contributed by atoms with E-state index in [0.29, 0.717) is 5.56 Å². The molecule has 0 spiro atoms. The van der Waals surface area contributed by atoms with Crippen LogP contribution in [-0.2, 0) is 0 Å². The molecule has 0 bridgehead atoms. The van der Waals surface area contributed by atoms with E-state index in [9.17, 15) is 4.79 Å². The predicted molar refractivity (Wildman–Crippen MR) is 73.4 cm³/mol. The lowest BCUT2D eigenvalue weighted by molar-refractivity contribution is 0.103. The SMILES string of the molecule is O=C(c1nn[nH]n1)c1cccc2c1[nH]c1ccccc12. The van der Waals surface area contributed by atoms with Crippen molar-refractivity contribution in [2.24, 2.45) is 0 Å². The predicted octanol–water partition coefficient (Wildman–Crippen LogP) is 2.07. The number of aromatic nitrogens is 5. The summed E-state index contributed by atoms with van der Waals surface area (Å²) in [6.07, 6.45) is 0. The minimum atomic E-state index is -0.254. The number of carbonyl (C=O) groups excluding carboxylic acids is 1. The van der Waals surface area contributed by atoms with Crippen molar-refractivity contribution in [3.63, 3.8) is 0 Å². The van der Waals surface area contributed by atoms with Gasteiger partial charge in [-0.1, -0.05) is 30.3 Å². The van der Waals surface area contributed by atoms with Crippen LogP contribution in [0.15, 0.2) is 42.5 Å². The molecule has 96 valence electrons. The highest BCUT2D eigenvalue weighted by molar-refractivity contribution is 6.18. The highest BCUT2D eigenvalue weighted by atomic mass is 16.1. The number of ketones is 1. The van der Waals surface area contributed by atoms with Gasteiger partial charge in [-0.15, -0.1) is 10.2 Å². The summed E-state index contributed by atoms with van der Waals surface area (Å²) in [7, 11) is 0. The topological polar surface area (TPSA) is 87.3 Å². The molecular weight excluding hydrogens is 254 g/mol. The van der Waals surface area contributed by atoms with Gasteiger partial charge in [-0.3, -0.25) is 4.79 Å². The van der Waals surface area contributed by atoms with Gasteiger partial charge in [0.2, 0.25) is 11.6 Å². The molecule has 2 aromatic heterocycles. The van der Waals surface area contributed by atoms with Crippen LogP contribution in [0.2, 0.25) is 0 Å². The van der Waals surface area contributed by atoms with Crippen LogP contribution in [0.1, 0.15) is 16.2 Å². The number of nitrogens with zero attached hydrogens (tertiary/aromatic N) is 3. The van der Waals surface area contributed by atoms with Crippen molar-refractivity contribution in [3.05, 3.63) is 53.9 Å². The zero-order valence-electron chi connectivity index (χ0n) is 10.3. The average molecular weight is 263 g/mol. The molecule has 2 N–H and O–H groups in total. The van der Waals surface area contributed by atoms with Crippen LogP contribution in [0.5, 0.6) is 0 Å². The molecule has 6 heteroatoms. The third-order valence-corrected chi connectivity index (χ3v) is 3.33. The minimum Gasteiger partial charge on any atom is -0.354 e. The van der Waals surface area contributed by atoms with Crippen LogP contribution < -0.4 is 0 Å². The Balaban J connectivity index is 2.03. The number of carbonyl (C=O) groups is 1. The van der Waals surface area contributed by atoms with Crippen LogP contribution in [0.3, 0.4) is 0 Å². The van der Waals surface area contributed by atoms with Crippen molar-refractivity contribution in [1.29, 1.82) is 0 Å². The Labute approximate surface area is 112 Å². The second-order valence-corrected chi connectivity index (χ2v) is 4.46. The lowest BCUT2D eigenvalue weighted by Crippen LogP contribution is -2.04. The van der Waals surface area contributed by atoms with E-state index in [2.05, 4.69) is 25.6 Å². The Morgan fingerprint density at radius 3 is 2.70 bits per heavy atom. The highest BCUT2D eigenvalue weighted by Gasteiger charge is 2.18. The number of nitrogens with one attached hydrogen (secondary N) is 2. The van der Waals surface area contributed by atoms with Gasteiger partial charge in [0.25, 0.3) is 0 Å². The Hall–Kier alpha value is -3.02. The second-order valence-electron chi connectivity index (χ2n) is 4.46. The van der Waals surface area contributed by atoms with Crippen molar-refractivity contribution in [3.8, 4) is 0 Å². The molecule has 0 radical (unpaired) electrons. The number of rotatable bonds is 2. The monoisotopic (exact) mass is 263 g/mol. The van der Waals surface area contributed by atoms with Crippen molar-refractivity contribution in [1.82, 2.24) is 25.6 Å². The average Bonchev–Trinajstić information content (AvgIpc) is 3.13. The van der Waals surface area contributed by atoms with E-state index in [4.69, 9.17) is 0 Å². The van der Waals surface area contributed by atoms with Gasteiger partial charge in [-0.2, -0.15) is 5.21 Å². The third kappa shape index (κ3) is 1.45. The van der Waals surface area contributed by atoms with Gasteiger partial charge in [-0.25, -0.2) is 0 Å². The molecule has 0 fully saturated rings. The first-order valence-electron chi connectivity index (χ1n) is 6.12. The maximum Gasteiger partial charge on any atom is 0.245 e. The summed E-state index contributed by atoms with van der Waals surface area (Å²) in [5, 5.41) is 15.3. The fourth-order valence-corrected chi connectivity index (χ4v) is 2.44. The molecule has 0 aliphatic carbocycles. The molecule has 20 heavy (non-hydrogen) atoms. The fraction of sp³-hybridized carbons (Fsp3) is 0. The minimum absolute atomic E-state index is 0.0659. The molecule has 0 unspecified atom stereocenters. The van der Waals surface area contributed by atoms with Gasteiger partial charge in [0.05, 0.1) is 11.1 Å². The van der Waals surface area contributed by atoms with Crippen LogP contribution in [0, 0.1) is 0 Å². The van der Waals surface area contributed by atoms with E-state index in [1.807, 2.05) is 36.4 Å². The van der Waals surface area contributed by atoms with Gasteiger partial charge in [-0.05, 0) is 17.3 Å². The molecule has 2 aromatic carbocycles. The summed E-state index contributed by atoms with van der Waals surface area (Å²) in [5.74, 6) is -0.188. The molecular formula is C14H9N5O. The summed E-state index contributed by atoms with van der Waals surface area (Å²) in [5.41, 5.74) is 2.33. The van der Waals surface area contributed by atoms with E-state index in [0.717, 1.165) is 21.8 Å². The molecule has 6 nitrogen and oxygen atoms in total. The quantitative estimate of drug-likeness (QED) is 0.542. The Morgan fingerprint density at radius 2 is 1.85 bits per heavy atom. The van der Waals surface area contributed by atoms with Crippen molar-refractivity contribution in [2.75, 3.05) is 0 Å². The number of para-hydroxylation sites is 2. The first-order valence-corrected chi connectivity index (χ1v) is 6.12. The van der Waals surface area contributed by atoms with Gasteiger partial charge >= 0.3 is 0 Å². The van der Waals surface area contributed by atoms with Gasteiger partial charge in [0, 0.05) is 16.3 Å². The summed E-state index contributed by atoms with van der Waals surface area (Å²) >= 11 is 0. The summed E-state index contributed by atoms with van der Waals surface area (Å²) in [4.78, 5) is 15.7. The lowest BCUT2D eigenvalue weighted by atomic mass is 10.1. The number of aromatic amines is 2. The van der Waals surface area contributed by atoms with Gasteiger partial charge in [0.1, 0.15) is 0 Å². The Bertz CT molecular complexity index is 923. The molecule has 2 heterocycles. The maximum absolute atomic E-state index is 12.4. The van der Waals surface area contributed by atoms with Crippen molar-refractivity contribution >= 4 is 27.6 Å². The number of H-pyrrole nitrogens is 2. The lowest BCUT2D eigenvalue weighted by Gasteiger charge is -1.98. The highest BCUT2D eigenvalue weighted by Crippen LogP contribution is 2.28. The van der Waals surface area contributed by atoms with Crippen molar-refractivity contribution < 1.29 is 4.79 Å². The maximum atomic E-state index is 12.4. The molecule has 4 aromatic rings. The molecule has 0 aliphatic rings. The number of hydrogen-bond donors (Lipinski definition) is 2. The largest absolute Gasteiger partial charge is 0.354 e. The standard InChI is InChI=1S/C14H9N5O/c20-13(14-16-18-19-17-14)10-6-3-5-9-8-4-1-2-7-11(8)15-12(9)10/h1-7,15H,(H,16,17,18,19). The van der Waals surface area contributed by atoms with Crippen LogP contribution in [0.4, 0.5) is 0 Å². The van der Waals surface area contributed by atoms with E-state index in [-0.39, 0.29) is 11.6 Å². The normalized spacial score (nSPS) is 11.2. The Morgan fingerprint density at radius 1 is 1.00 bits per heavy atom. The molecule has 0 saturated carbocycles. The number of fused-ring (bicyclic) bond motifs is 3. The van der Waals surface area contributed by atoms with Gasteiger partial charge in [0.15, 0.2) is 0 Å². The fourth-order valence-electron chi connectivity index (χ4n) is 2.44. The molecule has 0 atom stereocenters. The smallest absolute Gasteiger partial charge is 0.245 e. The van der Waals surface area contributed by atoms with E-state index >= 15 is 0 Å². The molecule has 0 amide bonds. The zero-order chi connectivity index (χ0) is 13.5. The summed E-state index contributed by atoms with van der Waals surface area (Å²) in [6, 6.07) is 13.5. The van der Waals surface area contributed by atoms with Crippen LogP contribution in [0.25, 0.3) is 21.8 Å². The van der Waals surface area contributed by atoms with Crippen LogP contribution in [-0.4, -0.2) is 31.4 Å². The van der Waals surface area contributed by atoms with E-state index in [1.54, 1.807) is 6.07 Å². The van der Waals surface area contributed by atoms with E-state index in [1.165, 1.54) is 0 Å². The molecule has 0 saturated heterocycles. The third-order valence-electron chi connectivity index (χ3n) is 3.33. The first-order chi connectivity index (χ1) is 9.84. The zero-order valence-corrected chi connectivity index (χ0v) is 10.3. The molecule has 4 rings (SSSR count). The van der Waals surface area contributed by atoms with E-state index < -0.39 is 0 Å². The van der Waals surface area contributed by atoms with Crippen molar-refractivity contribution in [2.45, 2.75) is 0 Å². The second kappa shape index (κ2) is 3.99. The van der Waals surface area contributed by atoms with Gasteiger partial charge < -0.3 is 4.98 Å². The number of tetrazole rings is 1. The number of benzene rings is 2.